The van der Waals surface area contributed by atoms with Crippen LogP contribution >= 0.6 is 0 Å². The summed E-state index contributed by atoms with van der Waals surface area (Å²) in [4.78, 5) is 21.8. The van der Waals surface area contributed by atoms with E-state index < -0.39 is 11.9 Å². The number of hydrogen-bond acceptors (Lipinski definition) is 5. The van der Waals surface area contributed by atoms with Crippen LogP contribution in [0.25, 0.3) is 0 Å². The van der Waals surface area contributed by atoms with Gasteiger partial charge in [0.25, 0.3) is 0 Å². The molecule has 1 aromatic heterocycles. The fourth-order valence-electron chi connectivity index (χ4n) is 0.921. The molecule has 0 bridgehead atoms. The van der Waals surface area contributed by atoms with Crippen LogP contribution in [0.15, 0.2) is 0 Å². The van der Waals surface area contributed by atoms with Crippen molar-refractivity contribution in [2.75, 3.05) is 12.3 Å². The molecule has 0 aliphatic rings. The number of nitrogens with zero attached hydrogens (tertiary/aromatic N) is 1. The fourth-order valence-corrected chi connectivity index (χ4v) is 0.921. The Kier molecular flexibility index (Phi) is 2.70. The van der Waals surface area contributed by atoms with Crippen molar-refractivity contribution in [1.82, 2.24) is 10.2 Å². The van der Waals surface area contributed by atoms with Gasteiger partial charge in [-0.15, -0.1) is 0 Å². The number of rotatable bonds is 3. The summed E-state index contributed by atoms with van der Waals surface area (Å²) in [7, 11) is 0. The molecule has 4 N–H and O–H groups in total. The molecule has 7 nitrogen and oxygen atoms in total. The van der Waals surface area contributed by atoms with E-state index in [1.165, 1.54) is 0 Å². The molecule has 0 unspecified atom stereocenters. The van der Waals surface area contributed by atoms with Gasteiger partial charge in [0.05, 0.1) is 6.61 Å². The largest absolute Gasteiger partial charge is 0.477 e. The maximum Gasteiger partial charge on any atom is 0.354 e. The molecule has 1 aromatic rings. The van der Waals surface area contributed by atoms with Gasteiger partial charge in [-0.2, -0.15) is 5.10 Å². The summed E-state index contributed by atoms with van der Waals surface area (Å²) < 4.78 is 4.62. The first-order valence-electron chi connectivity index (χ1n) is 3.82. The number of carbonyl (C=O) groups is 2. The number of aromatic carboxylic acids is 1. The van der Waals surface area contributed by atoms with E-state index in [0.29, 0.717) is 0 Å². The van der Waals surface area contributed by atoms with Crippen LogP contribution in [0.4, 0.5) is 5.82 Å². The number of H-pyrrole nitrogens is 1. The highest BCUT2D eigenvalue weighted by molar-refractivity contribution is 6.04. The minimum absolute atomic E-state index is 0.141. The van der Waals surface area contributed by atoms with Gasteiger partial charge in [-0.1, -0.05) is 0 Å². The molecule has 0 radical (unpaired) electrons. The normalized spacial score (nSPS) is 9.79. The minimum atomic E-state index is -1.31. The van der Waals surface area contributed by atoms with E-state index in [1.54, 1.807) is 6.92 Å². The first-order chi connectivity index (χ1) is 6.57. The van der Waals surface area contributed by atoms with Gasteiger partial charge in [-0.05, 0) is 6.92 Å². The molecular weight excluding hydrogens is 190 g/mol. The number of carbonyl (C=O) groups excluding carboxylic acids is 1. The zero-order chi connectivity index (χ0) is 10.7. The molecular formula is C7H9N3O4. The van der Waals surface area contributed by atoms with Crippen LogP contribution in [0.2, 0.25) is 0 Å². The second-order valence-electron chi connectivity index (χ2n) is 2.38. The Morgan fingerprint density at radius 1 is 1.64 bits per heavy atom. The predicted molar refractivity (Wildman–Crippen MR) is 45.9 cm³/mol. The molecule has 0 aromatic carbocycles. The Morgan fingerprint density at radius 2 is 2.29 bits per heavy atom. The third kappa shape index (κ3) is 1.65. The second-order valence-corrected chi connectivity index (χ2v) is 2.38. The molecule has 0 saturated carbocycles. The lowest BCUT2D eigenvalue weighted by molar-refractivity contribution is 0.0515. The van der Waals surface area contributed by atoms with Crippen molar-refractivity contribution in [1.29, 1.82) is 0 Å². The highest BCUT2D eigenvalue weighted by atomic mass is 16.5. The van der Waals surface area contributed by atoms with E-state index in [4.69, 9.17) is 10.8 Å². The lowest BCUT2D eigenvalue weighted by atomic mass is 10.2. The average Bonchev–Trinajstić information content (AvgIpc) is 2.47. The third-order valence-corrected chi connectivity index (χ3v) is 1.49. The van der Waals surface area contributed by atoms with Gasteiger partial charge < -0.3 is 15.6 Å². The van der Waals surface area contributed by atoms with E-state index in [-0.39, 0.29) is 23.7 Å². The van der Waals surface area contributed by atoms with Crippen molar-refractivity contribution in [2.45, 2.75) is 6.92 Å². The zero-order valence-electron chi connectivity index (χ0n) is 7.40. The van der Waals surface area contributed by atoms with Gasteiger partial charge in [0.2, 0.25) is 0 Å². The van der Waals surface area contributed by atoms with Crippen molar-refractivity contribution < 1.29 is 19.4 Å². The number of nitrogens with two attached hydrogens (primary N) is 1. The molecule has 0 saturated heterocycles. The summed E-state index contributed by atoms with van der Waals surface area (Å²) >= 11 is 0. The van der Waals surface area contributed by atoms with Gasteiger partial charge in [0, 0.05) is 0 Å². The van der Waals surface area contributed by atoms with Crippen LogP contribution in [-0.2, 0) is 4.74 Å². The van der Waals surface area contributed by atoms with Crippen molar-refractivity contribution >= 4 is 17.8 Å². The van der Waals surface area contributed by atoms with E-state index >= 15 is 0 Å². The first-order valence-corrected chi connectivity index (χ1v) is 3.82. The number of nitrogen functional groups attached to an aromatic ring is 1. The van der Waals surface area contributed by atoms with Gasteiger partial charge in [-0.25, -0.2) is 9.59 Å². The summed E-state index contributed by atoms with van der Waals surface area (Å²) in [6.07, 6.45) is 0. The first kappa shape index (κ1) is 10.0. The molecule has 76 valence electrons. The predicted octanol–water partition coefficient (Wildman–Crippen LogP) is -0.133. The summed E-state index contributed by atoms with van der Waals surface area (Å²) in [6.45, 7) is 1.75. The number of aromatic nitrogens is 2. The Bertz CT molecular complexity index is 371. The summed E-state index contributed by atoms with van der Waals surface area (Å²) in [5, 5.41) is 14.2. The highest BCUT2D eigenvalue weighted by Gasteiger charge is 2.24. The Morgan fingerprint density at radius 3 is 2.79 bits per heavy atom. The van der Waals surface area contributed by atoms with Gasteiger partial charge >= 0.3 is 11.9 Å². The number of carboxylic acid groups (broad SMARTS) is 1. The monoisotopic (exact) mass is 199 g/mol. The molecule has 0 aliphatic heterocycles. The number of ether oxygens (including phenoxy) is 1. The number of esters is 1. The molecule has 1 rings (SSSR count). The third-order valence-electron chi connectivity index (χ3n) is 1.49. The molecule has 0 atom stereocenters. The summed E-state index contributed by atoms with van der Waals surface area (Å²) in [6, 6.07) is 0. The van der Waals surface area contributed by atoms with Gasteiger partial charge in [0.15, 0.2) is 11.5 Å². The lowest BCUT2D eigenvalue weighted by Crippen LogP contribution is -2.11. The van der Waals surface area contributed by atoms with E-state index in [0.717, 1.165) is 0 Å². The van der Waals surface area contributed by atoms with Crippen LogP contribution in [0.3, 0.4) is 0 Å². The second kappa shape index (κ2) is 3.77. The van der Waals surface area contributed by atoms with E-state index in [2.05, 4.69) is 14.9 Å². The number of aromatic amines is 1. The van der Waals surface area contributed by atoms with Gasteiger partial charge in [0.1, 0.15) is 5.56 Å². The maximum atomic E-state index is 11.2. The van der Waals surface area contributed by atoms with E-state index in [9.17, 15) is 9.59 Å². The molecule has 1 heterocycles. The van der Waals surface area contributed by atoms with Crippen molar-refractivity contribution in [3.05, 3.63) is 11.3 Å². The number of hydrogen-bond donors (Lipinski definition) is 3. The van der Waals surface area contributed by atoms with Crippen LogP contribution in [0, 0.1) is 0 Å². The summed E-state index contributed by atoms with van der Waals surface area (Å²) in [5.41, 5.74) is 4.71. The number of carboxylic acids is 1. The van der Waals surface area contributed by atoms with Crippen LogP contribution in [0.5, 0.6) is 0 Å². The Labute approximate surface area is 78.9 Å². The summed E-state index contributed by atoms with van der Waals surface area (Å²) in [5.74, 6) is -2.28. The van der Waals surface area contributed by atoms with Crippen molar-refractivity contribution in [3.63, 3.8) is 0 Å². The topological polar surface area (TPSA) is 118 Å². The molecule has 14 heavy (non-hydrogen) atoms. The van der Waals surface area contributed by atoms with Gasteiger partial charge in [-0.3, -0.25) is 5.10 Å². The van der Waals surface area contributed by atoms with Crippen LogP contribution in [0.1, 0.15) is 27.8 Å². The quantitative estimate of drug-likeness (QED) is 0.583. The molecule has 0 aliphatic carbocycles. The molecule has 0 amide bonds. The molecule has 0 fully saturated rings. The smallest absolute Gasteiger partial charge is 0.354 e. The van der Waals surface area contributed by atoms with Crippen molar-refractivity contribution in [3.8, 4) is 0 Å². The lowest BCUT2D eigenvalue weighted by Gasteiger charge is -2.00. The number of nitrogens with one attached hydrogen (secondary N) is 1. The van der Waals surface area contributed by atoms with Crippen LogP contribution in [-0.4, -0.2) is 33.8 Å². The van der Waals surface area contributed by atoms with Crippen LogP contribution < -0.4 is 5.73 Å². The van der Waals surface area contributed by atoms with E-state index in [1.807, 2.05) is 0 Å². The highest BCUT2D eigenvalue weighted by Crippen LogP contribution is 2.14. The molecule has 7 heteroatoms. The minimum Gasteiger partial charge on any atom is -0.477 e. The fraction of sp³-hybridized carbons (Fsp3) is 0.286. The average molecular weight is 199 g/mol. The van der Waals surface area contributed by atoms with Crippen molar-refractivity contribution in [2.24, 2.45) is 0 Å². The SMILES string of the molecule is CCOC(=O)c1c(N)n[nH]c1C(=O)O. The molecule has 0 spiro atoms. The Hall–Kier alpha value is -2.05. The Balaban J connectivity index is 3.11. The standard InChI is InChI=1S/C7H9N3O4/c1-2-14-7(13)3-4(6(11)12)9-10-5(3)8/h2H2,1H3,(H,11,12)(H3,8,9,10). The number of anilines is 1. The zero-order valence-corrected chi connectivity index (χ0v) is 7.40. The maximum absolute atomic E-state index is 11.2.